The van der Waals surface area contributed by atoms with Gasteiger partial charge >= 0.3 is 5.97 Å². The number of rotatable bonds is 9. The van der Waals surface area contributed by atoms with Gasteiger partial charge in [-0.1, -0.05) is 35.9 Å². The van der Waals surface area contributed by atoms with Crippen molar-refractivity contribution in [1.82, 2.24) is 0 Å². The van der Waals surface area contributed by atoms with Crippen molar-refractivity contribution in [1.29, 1.82) is 0 Å². The first-order valence-corrected chi connectivity index (χ1v) is 9.95. The average molecular weight is 405 g/mol. The average Bonchev–Trinajstić information content (AvgIpc) is 2.78. The van der Waals surface area contributed by atoms with Crippen LogP contribution in [0.25, 0.3) is 0 Å². The van der Waals surface area contributed by atoms with Gasteiger partial charge in [-0.2, -0.15) is 0 Å². The van der Waals surface area contributed by atoms with E-state index in [0.717, 1.165) is 16.8 Å². The second kappa shape index (κ2) is 10.3. The number of nitrogens with one attached hydrogen (secondary N) is 1. The summed E-state index contributed by atoms with van der Waals surface area (Å²) >= 11 is 0. The molecule has 0 bridgehead atoms. The fourth-order valence-electron chi connectivity index (χ4n) is 2.93. The van der Waals surface area contributed by atoms with Crippen molar-refractivity contribution in [2.24, 2.45) is 0 Å². The molecule has 30 heavy (non-hydrogen) atoms. The van der Waals surface area contributed by atoms with E-state index in [0.29, 0.717) is 36.8 Å². The Morgan fingerprint density at radius 2 is 1.60 bits per heavy atom. The molecule has 5 heteroatoms. The van der Waals surface area contributed by atoms with Gasteiger partial charge in [-0.3, -0.25) is 0 Å². The second-order valence-electron chi connectivity index (χ2n) is 6.91. The van der Waals surface area contributed by atoms with E-state index in [9.17, 15) is 4.79 Å². The van der Waals surface area contributed by atoms with Gasteiger partial charge in [0.15, 0.2) is 11.5 Å². The van der Waals surface area contributed by atoms with Crippen molar-refractivity contribution in [3.63, 3.8) is 0 Å². The molecule has 0 atom stereocenters. The molecule has 0 spiro atoms. The van der Waals surface area contributed by atoms with Gasteiger partial charge in [-0.05, 0) is 61.4 Å². The highest BCUT2D eigenvalue weighted by molar-refractivity contribution is 5.89. The van der Waals surface area contributed by atoms with Crippen LogP contribution in [0, 0.1) is 6.92 Å². The number of aryl methyl sites for hydroxylation is 1. The van der Waals surface area contributed by atoms with E-state index in [-0.39, 0.29) is 5.97 Å². The zero-order valence-corrected chi connectivity index (χ0v) is 17.6. The van der Waals surface area contributed by atoms with E-state index < -0.39 is 0 Å². The molecule has 0 aromatic heterocycles. The van der Waals surface area contributed by atoms with E-state index in [1.54, 1.807) is 26.2 Å². The van der Waals surface area contributed by atoms with E-state index in [1.165, 1.54) is 5.56 Å². The first-order valence-electron chi connectivity index (χ1n) is 9.95. The van der Waals surface area contributed by atoms with Crippen LogP contribution in [-0.2, 0) is 17.9 Å². The molecule has 5 nitrogen and oxygen atoms in total. The molecule has 3 aromatic carbocycles. The van der Waals surface area contributed by atoms with E-state index in [4.69, 9.17) is 14.2 Å². The lowest BCUT2D eigenvalue weighted by Gasteiger charge is -2.13. The Balaban J connectivity index is 1.59. The van der Waals surface area contributed by atoms with Crippen LogP contribution < -0.4 is 14.8 Å². The van der Waals surface area contributed by atoms with E-state index in [1.807, 2.05) is 30.3 Å². The molecular weight excluding hydrogens is 378 g/mol. The lowest BCUT2D eigenvalue weighted by atomic mass is 10.1. The van der Waals surface area contributed by atoms with Gasteiger partial charge in [0.2, 0.25) is 0 Å². The maximum absolute atomic E-state index is 11.7. The first-order chi connectivity index (χ1) is 14.6. The van der Waals surface area contributed by atoms with Gasteiger partial charge in [0.25, 0.3) is 0 Å². The topological polar surface area (TPSA) is 56.8 Å². The monoisotopic (exact) mass is 405 g/mol. The fraction of sp³-hybridized carbons (Fsp3) is 0.240. The summed E-state index contributed by atoms with van der Waals surface area (Å²) in [6.07, 6.45) is 0. The summed E-state index contributed by atoms with van der Waals surface area (Å²) in [4.78, 5) is 11.7. The largest absolute Gasteiger partial charge is 0.493 e. The maximum Gasteiger partial charge on any atom is 0.338 e. The Bertz CT molecular complexity index is 965. The summed E-state index contributed by atoms with van der Waals surface area (Å²) in [5.41, 5.74) is 4.85. The quantitative estimate of drug-likeness (QED) is 0.485. The third kappa shape index (κ3) is 5.77. The lowest BCUT2D eigenvalue weighted by Crippen LogP contribution is -2.05. The summed E-state index contributed by atoms with van der Waals surface area (Å²) in [6.45, 7) is 5.33. The molecule has 0 radical (unpaired) electrons. The van der Waals surface area contributed by atoms with Crippen molar-refractivity contribution >= 4 is 11.7 Å². The zero-order chi connectivity index (χ0) is 21.3. The van der Waals surface area contributed by atoms with Crippen LogP contribution in [0.5, 0.6) is 11.5 Å². The highest BCUT2D eigenvalue weighted by atomic mass is 16.5. The normalized spacial score (nSPS) is 10.4. The zero-order valence-electron chi connectivity index (χ0n) is 17.6. The Labute approximate surface area is 177 Å². The molecule has 0 unspecified atom stereocenters. The lowest BCUT2D eigenvalue weighted by molar-refractivity contribution is 0.0526. The van der Waals surface area contributed by atoms with Gasteiger partial charge < -0.3 is 19.5 Å². The Morgan fingerprint density at radius 1 is 0.900 bits per heavy atom. The molecule has 0 amide bonds. The molecule has 1 N–H and O–H groups in total. The van der Waals surface area contributed by atoms with Crippen LogP contribution in [0.15, 0.2) is 66.7 Å². The van der Waals surface area contributed by atoms with Crippen LogP contribution in [0.1, 0.15) is 34.0 Å². The Kier molecular flexibility index (Phi) is 7.33. The molecule has 0 heterocycles. The minimum Gasteiger partial charge on any atom is -0.493 e. The molecular formula is C25H27NO4. The van der Waals surface area contributed by atoms with Crippen molar-refractivity contribution in [2.45, 2.75) is 27.0 Å². The predicted octanol–water partition coefficient (Wildman–Crippen LogP) is 5.37. The molecule has 3 aromatic rings. The van der Waals surface area contributed by atoms with Gasteiger partial charge in [-0.15, -0.1) is 0 Å². The maximum atomic E-state index is 11.7. The molecule has 0 aliphatic carbocycles. The number of hydrogen-bond donors (Lipinski definition) is 1. The van der Waals surface area contributed by atoms with Gasteiger partial charge in [-0.25, -0.2) is 4.79 Å². The fourth-order valence-corrected chi connectivity index (χ4v) is 2.93. The first kappa shape index (κ1) is 21.2. The Morgan fingerprint density at radius 3 is 2.27 bits per heavy atom. The van der Waals surface area contributed by atoms with Crippen LogP contribution in [-0.4, -0.2) is 19.7 Å². The van der Waals surface area contributed by atoms with Crippen molar-refractivity contribution in [3.05, 3.63) is 89.0 Å². The van der Waals surface area contributed by atoms with Gasteiger partial charge in [0, 0.05) is 12.2 Å². The highest BCUT2D eigenvalue weighted by Crippen LogP contribution is 2.29. The summed E-state index contributed by atoms with van der Waals surface area (Å²) in [7, 11) is 1.64. The van der Waals surface area contributed by atoms with E-state index in [2.05, 4.69) is 36.5 Å². The summed E-state index contributed by atoms with van der Waals surface area (Å²) in [5, 5.41) is 3.34. The number of anilines is 1. The third-order valence-electron chi connectivity index (χ3n) is 4.64. The van der Waals surface area contributed by atoms with Crippen molar-refractivity contribution in [3.8, 4) is 11.5 Å². The van der Waals surface area contributed by atoms with Gasteiger partial charge in [0.05, 0.1) is 19.3 Å². The molecule has 3 rings (SSSR count). The third-order valence-corrected chi connectivity index (χ3v) is 4.64. The second-order valence-corrected chi connectivity index (χ2v) is 6.91. The number of hydrogen-bond acceptors (Lipinski definition) is 5. The van der Waals surface area contributed by atoms with E-state index >= 15 is 0 Å². The Hall–Kier alpha value is -3.47. The molecule has 156 valence electrons. The van der Waals surface area contributed by atoms with Crippen molar-refractivity contribution in [2.75, 3.05) is 19.0 Å². The number of methoxy groups -OCH3 is 1. The number of carbonyl (C=O) groups excluding carboxylic acids is 1. The van der Waals surface area contributed by atoms with Crippen LogP contribution in [0.3, 0.4) is 0 Å². The minimum atomic E-state index is -0.310. The molecule has 0 aliphatic rings. The number of esters is 1. The number of carbonyl (C=O) groups is 1. The molecule has 0 aliphatic heterocycles. The van der Waals surface area contributed by atoms with Crippen LogP contribution in [0.4, 0.5) is 5.69 Å². The highest BCUT2D eigenvalue weighted by Gasteiger charge is 2.08. The molecule has 0 saturated carbocycles. The number of benzene rings is 3. The summed E-state index contributed by atoms with van der Waals surface area (Å²) in [5.74, 6) is 1.09. The summed E-state index contributed by atoms with van der Waals surface area (Å²) in [6, 6.07) is 21.4. The minimum absolute atomic E-state index is 0.310. The van der Waals surface area contributed by atoms with Crippen LogP contribution >= 0.6 is 0 Å². The molecule has 0 fully saturated rings. The predicted molar refractivity (Wildman–Crippen MR) is 118 cm³/mol. The van der Waals surface area contributed by atoms with Gasteiger partial charge in [0.1, 0.15) is 6.61 Å². The SMILES string of the molecule is CCOC(=O)c1ccc(NCc2ccc(OCc3ccc(C)cc3)c(OC)c2)cc1. The van der Waals surface area contributed by atoms with Crippen LogP contribution in [0.2, 0.25) is 0 Å². The number of ether oxygens (including phenoxy) is 3. The summed E-state index contributed by atoms with van der Waals surface area (Å²) < 4.78 is 16.4. The molecule has 0 saturated heterocycles. The standard InChI is InChI=1S/C25H27NO4/c1-4-29-25(27)21-10-12-22(13-11-21)26-16-20-9-14-23(24(15-20)28-3)30-17-19-7-5-18(2)6-8-19/h5-15,26H,4,16-17H2,1-3H3. The smallest absolute Gasteiger partial charge is 0.338 e. The van der Waals surface area contributed by atoms with Crippen molar-refractivity contribution < 1.29 is 19.0 Å².